The van der Waals surface area contributed by atoms with Gasteiger partial charge in [0.25, 0.3) is 0 Å². The Kier molecular flexibility index (Phi) is 5.55. The third-order valence-corrected chi connectivity index (χ3v) is 5.48. The molecule has 2 aromatic rings. The van der Waals surface area contributed by atoms with Crippen molar-refractivity contribution in [2.24, 2.45) is 5.73 Å². The number of rotatable bonds is 4. The van der Waals surface area contributed by atoms with Crippen LogP contribution in [0.15, 0.2) is 12.1 Å². The molecule has 2 N–H and O–H groups in total. The number of halogens is 2. The first-order valence-corrected chi connectivity index (χ1v) is 9.72. The fourth-order valence-electron chi connectivity index (χ4n) is 3.91. The van der Waals surface area contributed by atoms with Crippen molar-refractivity contribution in [2.45, 2.75) is 25.2 Å². The fourth-order valence-corrected chi connectivity index (χ4v) is 3.91. The van der Waals surface area contributed by atoms with Crippen LogP contribution < -0.4 is 15.4 Å². The minimum atomic E-state index is -1.08. The van der Waals surface area contributed by atoms with E-state index in [4.69, 9.17) is 15.2 Å². The number of methoxy groups -OCH3 is 1. The number of aromatic nitrogens is 2. The number of carbonyl (C=O) groups excluding carboxylic acids is 1. The summed E-state index contributed by atoms with van der Waals surface area (Å²) in [5.74, 6) is 0.181. The zero-order chi connectivity index (χ0) is 20.5. The number of carbonyl (C=O) groups is 1. The van der Waals surface area contributed by atoms with Gasteiger partial charge in [-0.05, 0) is 6.42 Å². The largest absolute Gasteiger partial charge is 0.494 e. The Balaban J connectivity index is 1.75. The first-order chi connectivity index (χ1) is 14.0. The lowest BCUT2D eigenvalue weighted by molar-refractivity contribution is -0.135. The van der Waals surface area contributed by atoms with Crippen molar-refractivity contribution in [2.75, 3.05) is 51.4 Å². The number of anilines is 1. The number of fused-ring (bicyclic) bond motifs is 1. The van der Waals surface area contributed by atoms with Crippen LogP contribution >= 0.6 is 0 Å². The van der Waals surface area contributed by atoms with Crippen LogP contribution in [0.25, 0.3) is 11.0 Å². The van der Waals surface area contributed by atoms with E-state index in [1.54, 1.807) is 9.47 Å². The van der Waals surface area contributed by atoms with Crippen molar-refractivity contribution in [3.63, 3.8) is 0 Å². The van der Waals surface area contributed by atoms with E-state index in [9.17, 15) is 13.6 Å². The number of imidazole rings is 1. The quantitative estimate of drug-likeness (QED) is 0.808. The number of nitrogens with zero attached hydrogens (tertiary/aromatic N) is 4. The molecule has 1 amide bonds. The number of piperidine rings is 1. The van der Waals surface area contributed by atoms with Crippen molar-refractivity contribution in [3.8, 4) is 5.75 Å². The second kappa shape index (κ2) is 8.11. The van der Waals surface area contributed by atoms with Gasteiger partial charge in [-0.1, -0.05) is 0 Å². The van der Waals surface area contributed by atoms with Gasteiger partial charge in [-0.2, -0.15) is 0 Å². The summed E-state index contributed by atoms with van der Waals surface area (Å²) in [4.78, 5) is 21.1. The van der Waals surface area contributed by atoms with Crippen LogP contribution in [0.4, 0.5) is 14.7 Å². The van der Waals surface area contributed by atoms with E-state index < -0.39 is 18.0 Å². The van der Waals surface area contributed by atoms with Gasteiger partial charge in [0.1, 0.15) is 29.8 Å². The molecule has 0 bridgehead atoms. The van der Waals surface area contributed by atoms with Crippen molar-refractivity contribution in [1.82, 2.24) is 14.5 Å². The number of hydrogen-bond acceptors (Lipinski definition) is 6. The molecule has 2 aliphatic heterocycles. The van der Waals surface area contributed by atoms with Crippen molar-refractivity contribution in [1.29, 1.82) is 0 Å². The molecule has 8 nitrogen and oxygen atoms in total. The summed E-state index contributed by atoms with van der Waals surface area (Å²) in [6.07, 6.45) is -0.807. The normalized spacial score (nSPS) is 22.9. The summed E-state index contributed by atoms with van der Waals surface area (Å²) >= 11 is 0. The molecule has 0 radical (unpaired) electrons. The highest BCUT2D eigenvalue weighted by molar-refractivity contribution is 5.87. The lowest BCUT2D eigenvalue weighted by atomic mass is 10.1. The third kappa shape index (κ3) is 3.86. The van der Waals surface area contributed by atoms with Gasteiger partial charge in [0.05, 0.1) is 31.9 Å². The summed E-state index contributed by atoms with van der Waals surface area (Å²) in [6, 6.07) is 1.92. The number of hydrogen-bond donors (Lipinski definition) is 1. The van der Waals surface area contributed by atoms with E-state index in [-0.39, 0.29) is 25.4 Å². The van der Waals surface area contributed by atoms with Crippen LogP contribution in [0.2, 0.25) is 0 Å². The molecule has 2 atom stereocenters. The molecule has 2 saturated heterocycles. The molecule has 3 heterocycles. The Hall–Kier alpha value is -2.46. The maximum absolute atomic E-state index is 14.0. The molecule has 1 aromatic carbocycles. The number of amides is 1. The van der Waals surface area contributed by atoms with Crippen LogP contribution in [0.5, 0.6) is 5.75 Å². The highest BCUT2D eigenvalue weighted by atomic mass is 19.1. The van der Waals surface area contributed by atoms with Crippen molar-refractivity contribution < 1.29 is 23.0 Å². The van der Waals surface area contributed by atoms with Crippen molar-refractivity contribution >= 4 is 22.9 Å². The van der Waals surface area contributed by atoms with E-state index in [0.29, 0.717) is 55.6 Å². The molecular formula is C19H25F2N5O3. The summed E-state index contributed by atoms with van der Waals surface area (Å²) in [5.41, 5.74) is 6.83. The molecule has 158 valence electrons. The molecule has 4 rings (SSSR count). The van der Waals surface area contributed by atoms with Gasteiger partial charge < -0.3 is 25.0 Å². The SMILES string of the molecule is COc1cc(F)cc2nc(N3CC[C@@H](F)[C@H](N)C3)n(CC(=O)N3CCOCC3)c12. The maximum Gasteiger partial charge on any atom is 0.242 e. The van der Waals surface area contributed by atoms with E-state index in [1.807, 2.05) is 4.90 Å². The molecule has 1 aromatic heterocycles. The Morgan fingerprint density at radius 2 is 2.10 bits per heavy atom. The summed E-state index contributed by atoms with van der Waals surface area (Å²) < 4.78 is 40.3. The standard InChI is InChI=1S/C19H25F2N5O3/c1-28-16-9-12(20)8-15-18(16)26(11-17(27)24-4-6-29-7-5-24)19(23-15)25-3-2-13(21)14(22)10-25/h8-9,13-14H,2-7,10-11,22H2,1H3/t13-,14-/m1/s1. The van der Waals surface area contributed by atoms with Gasteiger partial charge >= 0.3 is 0 Å². The van der Waals surface area contributed by atoms with Crippen LogP contribution in [-0.2, 0) is 16.1 Å². The van der Waals surface area contributed by atoms with E-state index in [2.05, 4.69) is 4.98 Å². The average Bonchev–Trinajstić information content (AvgIpc) is 3.08. The molecule has 10 heteroatoms. The number of benzene rings is 1. The highest BCUT2D eigenvalue weighted by Gasteiger charge is 2.31. The van der Waals surface area contributed by atoms with Gasteiger partial charge in [-0.3, -0.25) is 9.36 Å². The Labute approximate surface area is 167 Å². The van der Waals surface area contributed by atoms with Crippen molar-refractivity contribution in [3.05, 3.63) is 17.9 Å². The molecule has 2 fully saturated rings. The molecular weight excluding hydrogens is 384 g/mol. The Bertz CT molecular complexity index is 900. The lowest BCUT2D eigenvalue weighted by Gasteiger charge is -2.34. The highest BCUT2D eigenvalue weighted by Crippen LogP contribution is 2.32. The van der Waals surface area contributed by atoms with Gasteiger partial charge in [0.15, 0.2) is 0 Å². The van der Waals surface area contributed by atoms with E-state index >= 15 is 0 Å². The van der Waals surface area contributed by atoms with Gasteiger partial charge in [-0.15, -0.1) is 0 Å². The molecule has 29 heavy (non-hydrogen) atoms. The predicted octanol–water partition coefficient (Wildman–Crippen LogP) is 0.918. The number of alkyl halides is 1. The van der Waals surface area contributed by atoms with Crippen LogP contribution in [0.1, 0.15) is 6.42 Å². The second-order valence-corrected chi connectivity index (χ2v) is 7.38. The zero-order valence-corrected chi connectivity index (χ0v) is 16.3. The third-order valence-electron chi connectivity index (χ3n) is 5.48. The van der Waals surface area contributed by atoms with E-state index in [0.717, 1.165) is 0 Å². The first-order valence-electron chi connectivity index (χ1n) is 9.72. The molecule has 0 spiro atoms. The number of morpholine rings is 1. The van der Waals surface area contributed by atoms with Crippen LogP contribution in [0, 0.1) is 5.82 Å². The van der Waals surface area contributed by atoms with Crippen LogP contribution in [-0.4, -0.2) is 79.1 Å². The smallest absolute Gasteiger partial charge is 0.242 e. The number of nitrogens with two attached hydrogens (primary N) is 1. The monoisotopic (exact) mass is 409 g/mol. The summed E-state index contributed by atoms with van der Waals surface area (Å²) in [7, 11) is 1.44. The molecule has 0 unspecified atom stereocenters. The predicted molar refractivity (Wildman–Crippen MR) is 103 cm³/mol. The van der Waals surface area contributed by atoms with Gasteiger partial charge in [0.2, 0.25) is 11.9 Å². The van der Waals surface area contributed by atoms with Gasteiger partial charge in [-0.25, -0.2) is 13.8 Å². The minimum Gasteiger partial charge on any atom is -0.494 e. The van der Waals surface area contributed by atoms with Crippen LogP contribution in [0.3, 0.4) is 0 Å². The number of ether oxygens (including phenoxy) is 2. The topological polar surface area (TPSA) is 85.8 Å². The Morgan fingerprint density at radius 3 is 2.79 bits per heavy atom. The fraction of sp³-hybridized carbons (Fsp3) is 0.579. The first kappa shape index (κ1) is 19.8. The molecule has 0 saturated carbocycles. The lowest BCUT2D eigenvalue weighted by Crippen LogP contribution is -2.50. The second-order valence-electron chi connectivity index (χ2n) is 7.38. The molecule has 0 aliphatic carbocycles. The summed E-state index contributed by atoms with van der Waals surface area (Å²) in [5, 5.41) is 0. The Morgan fingerprint density at radius 1 is 1.34 bits per heavy atom. The van der Waals surface area contributed by atoms with E-state index in [1.165, 1.54) is 19.2 Å². The molecule has 2 aliphatic rings. The minimum absolute atomic E-state index is 0.0125. The summed E-state index contributed by atoms with van der Waals surface area (Å²) in [6.45, 7) is 2.72. The van der Waals surface area contributed by atoms with Gasteiger partial charge in [0, 0.05) is 38.3 Å². The zero-order valence-electron chi connectivity index (χ0n) is 16.3. The maximum atomic E-state index is 14.0. The average molecular weight is 409 g/mol.